The Kier molecular flexibility index (Phi) is 5.20. The predicted molar refractivity (Wildman–Crippen MR) is 127 cm³/mol. The van der Waals surface area contributed by atoms with E-state index >= 15 is 0 Å². The molecule has 0 amide bonds. The fourth-order valence-electron chi connectivity index (χ4n) is 4.77. The molecule has 176 valence electrons. The zero-order valence-corrected chi connectivity index (χ0v) is 18.5. The summed E-state index contributed by atoms with van der Waals surface area (Å²) in [6, 6.07) is 11.6. The molecule has 4 aromatic rings. The van der Waals surface area contributed by atoms with Gasteiger partial charge in [0.1, 0.15) is 54.3 Å². The summed E-state index contributed by atoms with van der Waals surface area (Å²) < 4.78 is 13.6. The number of rotatable bonds is 5. The van der Waals surface area contributed by atoms with Crippen LogP contribution in [0, 0.1) is 0 Å². The molecule has 2 saturated heterocycles. The molecule has 4 atom stereocenters. The van der Waals surface area contributed by atoms with Crippen molar-refractivity contribution in [1.29, 1.82) is 0 Å². The zero-order valence-electron chi connectivity index (χ0n) is 18.5. The molecule has 0 radical (unpaired) electrons. The van der Waals surface area contributed by atoms with Crippen LogP contribution in [-0.4, -0.2) is 67.7 Å². The lowest BCUT2D eigenvalue weighted by Crippen LogP contribution is -2.34. The quantitative estimate of drug-likeness (QED) is 0.406. The number of ether oxygens (including phenoxy) is 2. The highest BCUT2D eigenvalue weighted by atomic mass is 16.6. The molecule has 10 heteroatoms. The van der Waals surface area contributed by atoms with Crippen molar-refractivity contribution in [3.63, 3.8) is 0 Å². The van der Waals surface area contributed by atoms with Crippen molar-refractivity contribution in [1.82, 2.24) is 19.5 Å². The summed E-state index contributed by atoms with van der Waals surface area (Å²) in [4.78, 5) is 15.3. The van der Waals surface area contributed by atoms with Crippen LogP contribution in [0.1, 0.15) is 19.1 Å². The maximum Gasteiger partial charge on any atom is 0.164 e. The molecule has 1 aromatic carbocycles. The number of anilines is 2. The number of nitrogen functional groups attached to an aromatic ring is 1. The number of aliphatic hydroxyl groups excluding tert-OH is 2. The summed E-state index contributed by atoms with van der Waals surface area (Å²) in [7, 11) is 0. The summed E-state index contributed by atoms with van der Waals surface area (Å²) >= 11 is 0. The van der Waals surface area contributed by atoms with Gasteiger partial charge in [-0.1, -0.05) is 0 Å². The molecule has 34 heavy (non-hydrogen) atoms. The minimum absolute atomic E-state index is 0.0718. The minimum atomic E-state index is -1.15. The van der Waals surface area contributed by atoms with Crippen molar-refractivity contribution < 1.29 is 19.7 Å². The van der Waals surface area contributed by atoms with E-state index in [1.54, 1.807) is 16.8 Å². The van der Waals surface area contributed by atoms with Gasteiger partial charge >= 0.3 is 0 Å². The van der Waals surface area contributed by atoms with Crippen molar-refractivity contribution in [2.24, 2.45) is 0 Å². The van der Waals surface area contributed by atoms with Gasteiger partial charge in [0, 0.05) is 30.7 Å². The van der Waals surface area contributed by atoms with Crippen molar-refractivity contribution in [3.05, 3.63) is 48.9 Å². The van der Waals surface area contributed by atoms with Gasteiger partial charge in [-0.05, 0) is 43.2 Å². The van der Waals surface area contributed by atoms with E-state index in [9.17, 15) is 10.2 Å². The number of hydrogen-bond acceptors (Lipinski definition) is 9. The Balaban J connectivity index is 1.18. The second kappa shape index (κ2) is 8.39. The second-order valence-electron chi connectivity index (χ2n) is 8.79. The largest absolute Gasteiger partial charge is 0.491 e. The Morgan fingerprint density at radius 2 is 1.88 bits per heavy atom. The van der Waals surface area contributed by atoms with Gasteiger partial charge in [0.2, 0.25) is 0 Å². The van der Waals surface area contributed by atoms with E-state index in [4.69, 9.17) is 20.2 Å². The lowest BCUT2D eigenvalue weighted by atomic mass is 10.1. The van der Waals surface area contributed by atoms with Crippen LogP contribution in [-0.2, 0) is 4.74 Å². The monoisotopic (exact) mass is 462 g/mol. The Labute approximate surface area is 195 Å². The summed E-state index contributed by atoms with van der Waals surface area (Å²) in [6.07, 6.45) is 1.63. The standard InChI is InChI=1S/C24H26N6O4/c25-22-16-7-10-30(23(16)27-13-26-22)24-21(32)20(31)18(34-24)12-33-15-5-3-14-4-6-19(28-17(14)11-15)29-8-1-2-9-29/h3-7,10-11,13,18,20-21,24,31-32H,1-2,8-9,12H2,(H2,25,26,27)/t18-,20-,21-,24-/m1/s1. The number of hydrogen-bond donors (Lipinski definition) is 3. The van der Waals surface area contributed by atoms with Crippen molar-refractivity contribution >= 4 is 33.6 Å². The van der Waals surface area contributed by atoms with Crippen LogP contribution in [0.25, 0.3) is 21.9 Å². The molecule has 4 N–H and O–H groups in total. The number of nitrogens with two attached hydrogens (primary N) is 1. The lowest BCUT2D eigenvalue weighted by molar-refractivity contribution is -0.0471. The Morgan fingerprint density at radius 3 is 2.74 bits per heavy atom. The SMILES string of the molecule is Nc1ncnc2c1ccn2[C@@H]1O[C@H](COc2ccc3ccc(N4CCCC4)nc3c2)[C@@H](O)[C@H]1O. The first-order valence-electron chi connectivity index (χ1n) is 11.5. The molecule has 2 aliphatic rings. The fraction of sp³-hybridized carbons (Fsp3) is 0.375. The van der Waals surface area contributed by atoms with Gasteiger partial charge in [-0.15, -0.1) is 0 Å². The van der Waals surface area contributed by atoms with E-state index in [-0.39, 0.29) is 6.61 Å². The van der Waals surface area contributed by atoms with E-state index in [1.165, 1.54) is 19.2 Å². The Hall–Kier alpha value is -3.47. The van der Waals surface area contributed by atoms with E-state index in [0.717, 1.165) is 29.8 Å². The van der Waals surface area contributed by atoms with Crippen molar-refractivity contribution in [2.75, 3.05) is 30.3 Å². The third-order valence-electron chi connectivity index (χ3n) is 6.64. The van der Waals surface area contributed by atoms with Crippen molar-refractivity contribution in [3.8, 4) is 5.75 Å². The third-order valence-corrected chi connectivity index (χ3v) is 6.64. The zero-order chi connectivity index (χ0) is 23.2. The predicted octanol–water partition coefficient (Wildman–Crippen LogP) is 1.86. The lowest BCUT2D eigenvalue weighted by Gasteiger charge is -2.18. The first-order valence-corrected chi connectivity index (χ1v) is 11.5. The average Bonchev–Trinajstić information content (AvgIpc) is 3.59. The minimum Gasteiger partial charge on any atom is -0.491 e. The summed E-state index contributed by atoms with van der Waals surface area (Å²) in [5.74, 6) is 1.94. The van der Waals surface area contributed by atoms with Gasteiger partial charge < -0.3 is 34.9 Å². The molecule has 0 spiro atoms. The highest BCUT2D eigenvalue weighted by Crippen LogP contribution is 2.33. The molecule has 2 aliphatic heterocycles. The fourth-order valence-corrected chi connectivity index (χ4v) is 4.77. The maximum absolute atomic E-state index is 10.7. The van der Waals surface area contributed by atoms with Gasteiger partial charge in [-0.3, -0.25) is 0 Å². The normalized spacial score (nSPS) is 24.9. The van der Waals surface area contributed by atoms with Crippen LogP contribution < -0.4 is 15.4 Å². The van der Waals surface area contributed by atoms with E-state index in [1.807, 2.05) is 18.2 Å². The average molecular weight is 463 g/mol. The van der Waals surface area contributed by atoms with Crippen LogP contribution in [0.3, 0.4) is 0 Å². The van der Waals surface area contributed by atoms with Crippen LogP contribution >= 0.6 is 0 Å². The number of pyridine rings is 1. The van der Waals surface area contributed by atoms with Crippen LogP contribution in [0.15, 0.2) is 48.9 Å². The molecular weight excluding hydrogens is 436 g/mol. The van der Waals surface area contributed by atoms with Gasteiger partial charge in [0.25, 0.3) is 0 Å². The second-order valence-corrected chi connectivity index (χ2v) is 8.79. The number of aromatic nitrogens is 4. The van der Waals surface area contributed by atoms with Crippen LogP contribution in [0.5, 0.6) is 5.75 Å². The molecule has 5 heterocycles. The van der Waals surface area contributed by atoms with Gasteiger partial charge in [-0.2, -0.15) is 0 Å². The Bertz CT molecular complexity index is 1340. The molecule has 6 rings (SSSR count). The summed E-state index contributed by atoms with van der Waals surface area (Å²) in [6.45, 7) is 2.14. The number of nitrogens with zero attached hydrogens (tertiary/aromatic N) is 5. The molecule has 3 aromatic heterocycles. The van der Waals surface area contributed by atoms with E-state index in [0.29, 0.717) is 22.6 Å². The number of benzene rings is 1. The first-order chi connectivity index (χ1) is 16.6. The molecule has 10 nitrogen and oxygen atoms in total. The van der Waals surface area contributed by atoms with Gasteiger partial charge in [0.15, 0.2) is 6.23 Å². The molecule has 2 fully saturated rings. The molecule has 0 aliphatic carbocycles. The van der Waals surface area contributed by atoms with Gasteiger partial charge in [0.05, 0.1) is 10.9 Å². The molecular formula is C24H26N6O4. The van der Waals surface area contributed by atoms with Crippen LogP contribution in [0.4, 0.5) is 11.6 Å². The van der Waals surface area contributed by atoms with Crippen molar-refractivity contribution in [2.45, 2.75) is 37.4 Å². The highest BCUT2D eigenvalue weighted by Gasteiger charge is 2.44. The van der Waals surface area contributed by atoms with Crippen LogP contribution in [0.2, 0.25) is 0 Å². The van der Waals surface area contributed by atoms with Gasteiger partial charge in [-0.25, -0.2) is 15.0 Å². The maximum atomic E-state index is 10.7. The molecule has 0 bridgehead atoms. The first kappa shape index (κ1) is 21.1. The summed E-state index contributed by atoms with van der Waals surface area (Å²) in [5.41, 5.74) is 7.29. The highest BCUT2D eigenvalue weighted by molar-refractivity contribution is 5.86. The molecule has 0 unspecified atom stereocenters. The third kappa shape index (κ3) is 3.60. The van der Waals surface area contributed by atoms with E-state index in [2.05, 4.69) is 27.0 Å². The number of fused-ring (bicyclic) bond motifs is 2. The molecule has 0 saturated carbocycles. The number of aliphatic hydroxyl groups is 2. The topological polar surface area (TPSA) is 132 Å². The smallest absolute Gasteiger partial charge is 0.164 e. The Morgan fingerprint density at radius 1 is 1.06 bits per heavy atom. The summed E-state index contributed by atoms with van der Waals surface area (Å²) in [5, 5.41) is 23.0. The van der Waals surface area contributed by atoms with E-state index < -0.39 is 24.5 Å².